The fraction of sp³-hybridized carbons (Fsp3) is 0.833. The molecule has 1 amide bonds. The average molecular weight is 178 g/mol. The van der Waals surface area contributed by atoms with Gasteiger partial charge >= 0.3 is 0 Å². The number of thiol groups is 1. The molecule has 0 aliphatic carbocycles. The van der Waals surface area contributed by atoms with Crippen molar-refractivity contribution >= 4 is 18.5 Å². The van der Waals surface area contributed by atoms with Crippen LogP contribution in [0.3, 0.4) is 0 Å². The highest BCUT2D eigenvalue weighted by atomic mass is 32.1. The normalized spacial score (nSPS) is 10.2. The number of hydrogen-bond donors (Lipinski definition) is 3. The van der Waals surface area contributed by atoms with Crippen molar-refractivity contribution in [1.82, 2.24) is 10.4 Å². The second kappa shape index (κ2) is 6.45. The Balaban J connectivity index is 3.59. The predicted molar refractivity (Wildman–Crippen MR) is 46.3 cm³/mol. The third-order valence-corrected chi connectivity index (χ3v) is 1.26. The minimum absolute atomic E-state index is 0.0358. The van der Waals surface area contributed by atoms with Crippen LogP contribution in [0.4, 0.5) is 0 Å². The Kier molecular flexibility index (Phi) is 6.30. The number of rotatable bonds is 5. The molecule has 0 aliphatic rings. The zero-order chi connectivity index (χ0) is 8.69. The first kappa shape index (κ1) is 10.7. The zero-order valence-corrected chi connectivity index (χ0v) is 7.47. The van der Waals surface area contributed by atoms with Crippen LogP contribution < -0.4 is 5.43 Å². The molecular weight excluding hydrogens is 164 g/mol. The summed E-state index contributed by atoms with van der Waals surface area (Å²) in [5.74, 6) is 0.528. The van der Waals surface area contributed by atoms with Gasteiger partial charge in [-0.05, 0) is 0 Å². The number of nitrogens with one attached hydrogen (secondary N) is 1. The van der Waals surface area contributed by atoms with Crippen LogP contribution in [0.5, 0.6) is 0 Å². The summed E-state index contributed by atoms with van der Waals surface area (Å²) in [4.78, 5) is 10.5. The van der Waals surface area contributed by atoms with Gasteiger partial charge in [0.25, 0.3) is 0 Å². The van der Waals surface area contributed by atoms with Crippen LogP contribution in [0.25, 0.3) is 0 Å². The number of amides is 1. The summed E-state index contributed by atoms with van der Waals surface area (Å²) in [6, 6.07) is 0. The van der Waals surface area contributed by atoms with Crippen LogP contribution >= 0.6 is 12.6 Å². The molecule has 0 aliphatic heterocycles. The Bertz CT molecular complexity index is 115. The number of nitrogens with zero attached hydrogens (tertiary/aromatic N) is 1. The van der Waals surface area contributed by atoms with Crippen molar-refractivity contribution in [3.8, 4) is 0 Å². The van der Waals surface area contributed by atoms with Gasteiger partial charge in [0, 0.05) is 25.8 Å². The van der Waals surface area contributed by atoms with Gasteiger partial charge in [-0.2, -0.15) is 12.6 Å². The molecule has 5 heteroatoms. The summed E-state index contributed by atoms with van der Waals surface area (Å²) < 4.78 is 0. The molecule has 2 N–H and O–H groups in total. The van der Waals surface area contributed by atoms with Gasteiger partial charge in [0.05, 0.1) is 6.61 Å². The van der Waals surface area contributed by atoms with Crippen LogP contribution in [0.15, 0.2) is 0 Å². The minimum atomic E-state index is -0.125. The molecular formula is C6H14N2O2S. The van der Waals surface area contributed by atoms with Crippen molar-refractivity contribution in [2.75, 3.05) is 25.4 Å². The fourth-order valence-electron chi connectivity index (χ4n) is 0.688. The number of hydrazine groups is 1. The second-order valence-electron chi connectivity index (χ2n) is 2.10. The Morgan fingerprint density at radius 3 is 2.64 bits per heavy atom. The molecule has 0 rings (SSSR count). The van der Waals surface area contributed by atoms with Crippen molar-refractivity contribution in [3.63, 3.8) is 0 Å². The molecule has 0 aromatic carbocycles. The Morgan fingerprint density at radius 2 is 2.27 bits per heavy atom. The first-order chi connectivity index (χ1) is 5.20. The summed E-state index contributed by atoms with van der Waals surface area (Å²) in [6.45, 7) is 2.56. The first-order valence-electron chi connectivity index (χ1n) is 3.44. The highest BCUT2D eigenvalue weighted by Gasteiger charge is 2.02. The van der Waals surface area contributed by atoms with E-state index in [-0.39, 0.29) is 12.5 Å². The molecule has 0 heterocycles. The molecule has 0 aromatic rings. The van der Waals surface area contributed by atoms with E-state index in [4.69, 9.17) is 5.11 Å². The van der Waals surface area contributed by atoms with E-state index in [2.05, 4.69) is 18.1 Å². The van der Waals surface area contributed by atoms with Crippen LogP contribution in [-0.4, -0.2) is 41.5 Å². The lowest BCUT2D eigenvalue weighted by Crippen LogP contribution is -2.43. The summed E-state index contributed by atoms with van der Waals surface area (Å²) in [5, 5.41) is 10.2. The largest absolute Gasteiger partial charge is 0.395 e. The van der Waals surface area contributed by atoms with E-state index in [1.165, 1.54) is 6.92 Å². The molecule has 11 heavy (non-hydrogen) atoms. The van der Waals surface area contributed by atoms with Crippen molar-refractivity contribution in [1.29, 1.82) is 0 Å². The standard InChI is InChI=1S/C6H14N2O2S/c1-6(10)7-8(2-4-9)3-5-11/h9,11H,2-5H2,1H3,(H,7,10). The summed E-state index contributed by atoms with van der Waals surface area (Å²) in [7, 11) is 0. The fourth-order valence-corrected chi connectivity index (χ4v) is 0.929. The SMILES string of the molecule is CC(=O)NN(CCO)CCS. The Morgan fingerprint density at radius 1 is 1.64 bits per heavy atom. The molecule has 0 saturated heterocycles. The van der Waals surface area contributed by atoms with Gasteiger partial charge in [-0.15, -0.1) is 0 Å². The lowest BCUT2D eigenvalue weighted by molar-refractivity contribution is -0.123. The molecule has 0 spiro atoms. The maximum atomic E-state index is 10.5. The minimum Gasteiger partial charge on any atom is -0.395 e. The van der Waals surface area contributed by atoms with Crippen LogP contribution in [0, 0.1) is 0 Å². The summed E-state index contributed by atoms with van der Waals surface area (Å²) >= 11 is 4.00. The number of hydrogen-bond acceptors (Lipinski definition) is 4. The van der Waals surface area contributed by atoms with E-state index >= 15 is 0 Å². The van der Waals surface area contributed by atoms with Gasteiger partial charge < -0.3 is 5.11 Å². The monoisotopic (exact) mass is 178 g/mol. The highest BCUT2D eigenvalue weighted by Crippen LogP contribution is 1.83. The van der Waals surface area contributed by atoms with Gasteiger partial charge in [-0.1, -0.05) is 0 Å². The van der Waals surface area contributed by atoms with Crippen molar-refractivity contribution < 1.29 is 9.90 Å². The maximum absolute atomic E-state index is 10.5. The third-order valence-electron chi connectivity index (χ3n) is 1.06. The molecule has 0 fully saturated rings. The Hall–Kier alpha value is -0.260. The van der Waals surface area contributed by atoms with Crippen molar-refractivity contribution in [2.24, 2.45) is 0 Å². The first-order valence-corrected chi connectivity index (χ1v) is 4.08. The van der Waals surface area contributed by atoms with Crippen molar-refractivity contribution in [2.45, 2.75) is 6.92 Å². The van der Waals surface area contributed by atoms with Crippen molar-refractivity contribution in [3.05, 3.63) is 0 Å². The van der Waals surface area contributed by atoms with Gasteiger partial charge in [-0.25, -0.2) is 5.01 Å². The molecule has 0 unspecified atom stereocenters. The van der Waals surface area contributed by atoms with E-state index in [0.29, 0.717) is 18.8 Å². The molecule has 4 nitrogen and oxygen atoms in total. The molecule has 0 atom stereocenters. The summed E-state index contributed by atoms with van der Waals surface area (Å²) in [6.07, 6.45) is 0. The third kappa shape index (κ3) is 6.15. The van der Waals surface area contributed by atoms with Gasteiger partial charge in [0.2, 0.25) is 5.91 Å². The van der Waals surface area contributed by atoms with Crippen LogP contribution in [-0.2, 0) is 4.79 Å². The summed E-state index contributed by atoms with van der Waals surface area (Å²) in [5.41, 5.74) is 2.57. The van der Waals surface area contributed by atoms with E-state index in [1.54, 1.807) is 5.01 Å². The van der Waals surface area contributed by atoms with Crippen LogP contribution in [0.1, 0.15) is 6.92 Å². The molecule has 66 valence electrons. The maximum Gasteiger partial charge on any atom is 0.231 e. The molecule has 0 saturated carbocycles. The highest BCUT2D eigenvalue weighted by molar-refractivity contribution is 7.80. The molecule has 0 aromatic heterocycles. The Labute approximate surface area is 72.0 Å². The number of aliphatic hydroxyl groups is 1. The molecule has 0 radical (unpaired) electrons. The number of carbonyl (C=O) groups excluding carboxylic acids is 1. The van der Waals surface area contributed by atoms with E-state index in [9.17, 15) is 4.79 Å². The quantitative estimate of drug-likeness (QED) is 0.384. The zero-order valence-electron chi connectivity index (χ0n) is 6.58. The number of aliphatic hydroxyl groups excluding tert-OH is 1. The molecule has 0 bridgehead atoms. The van der Waals surface area contributed by atoms with Gasteiger partial charge in [-0.3, -0.25) is 10.2 Å². The average Bonchev–Trinajstić information content (AvgIpc) is 1.87. The van der Waals surface area contributed by atoms with E-state index < -0.39 is 0 Å². The second-order valence-corrected chi connectivity index (χ2v) is 2.55. The van der Waals surface area contributed by atoms with E-state index in [0.717, 1.165) is 0 Å². The lowest BCUT2D eigenvalue weighted by atomic mass is 10.6. The number of carbonyl (C=O) groups is 1. The van der Waals surface area contributed by atoms with Gasteiger partial charge in [0.1, 0.15) is 0 Å². The van der Waals surface area contributed by atoms with Gasteiger partial charge in [0.15, 0.2) is 0 Å². The topological polar surface area (TPSA) is 52.6 Å². The lowest BCUT2D eigenvalue weighted by Gasteiger charge is -2.19. The smallest absolute Gasteiger partial charge is 0.231 e. The predicted octanol–water partition coefficient (Wildman–Crippen LogP) is -0.738. The van der Waals surface area contributed by atoms with Crippen LogP contribution in [0.2, 0.25) is 0 Å². The van der Waals surface area contributed by atoms with E-state index in [1.807, 2.05) is 0 Å².